The number of carbonyl (C=O) groups excluding carboxylic acids is 1. The first-order valence-electron chi connectivity index (χ1n) is 7.66. The number of halogens is 7. The van der Waals surface area contributed by atoms with Crippen molar-refractivity contribution in [3.63, 3.8) is 0 Å². The van der Waals surface area contributed by atoms with Crippen LogP contribution < -0.4 is 5.32 Å². The summed E-state index contributed by atoms with van der Waals surface area (Å²) in [7, 11) is 0. The lowest BCUT2D eigenvalue weighted by Gasteiger charge is -2.14. The Balaban J connectivity index is 0.000000377. The molecule has 0 spiro atoms. The van der Waals surface area contributed by atoms with Crippen LogP contribution in [0.1, 0.15) is 30.0 Å². The number of aryl methyl sites for hydroxylation is 2. The van der Waals surface area contributed by atoms with Gasteiger partial charge in [-0.1, -0.05) is 42.3 Å². The van der Waals surface area contributed by atoms with Gasteiger partial charge in [0.15, 0.2) is 23.3 Å². The van der Waals surface area contributed by atoms with Gasteiger partial charge in [-0.05, 0) is 13.8 Å². The second-order valence-corrected chi connectivity index (χ2v) is 5.56. The fourth-order valence-electron chi connectivity index (χ4n) is 1.86. The van der Waals surface area contributed by atoms with Crippen LogP contribution in [0.3, 0.4) is 0 Å². The minimum absolute atomic E-state index is 0.289. The first-order chi connectivity index (χ1) is 12.4. The Bertz CT molecular complexity index is 764. The Morgan fingerprint density at radius 1 is 0.852 bits per heavy atom. The molecule has 2 aromatic carbocycles. The molecule has 0 aromatic heterocycles. The second-order valence-electron chi connectivity index (χ2n) is 5.56. The quantitative estimate of drug-likeness (QED) is 0.497. The number of anilines is 1. The van der Waals surface area contributed by atoms with Gasteiger partial charge >= 0.3 is 6.18 Å². The first kappa shape index (κ1) is 22.5. The highest BCUT2D eigenvalue weighted by Crippen LogP contribution is 2.38. The van der Waals surface area contributed by atoms with Crippen molar-refractivity contribution in [2.75, 3.05) is 5.32 Å². The minimum atomic E-state index is -5.61. The Labute approximate surface area is 151 Å². The molecule has 0 saturated carbocycles. The molecule has 2 aromatic rings. The number of nitrogens with one attached hydrogen (secondary N) is 1. The number of hydrogen-bond donors (Lipinski definition) is 1. The van der Waals surface area contributed by atoms with Crippen molar-refractivity contribution in [1.29, 1.82) is 0 Å². The van der Waals surface area contributed by atoms with E-state index in [4.69, 9.17) is 0 Å². The van der Waals surface area contributed by atoms with E-state index < -0.39 is 46.6 Å². The van der Waals surface area contributed by atoms with Crippen LogP contribution in [-0.2, 0) is 11.0 Å². The summed E-state index contributed by atoms with van der Waals surface area (Å²) in [5.74, 6) is -10.9. The molecule has 27 heavy (non-hydrogen) atoms. The van der Waals surface area contributed by atoms with Crippen LogP contribution in [0.5, 0.6) is 0 Å². The zero-order valence-electron chi connectivity index (χ0n) is 14.6. The number of rotatable bonds is 2. The van der Waals surface area contributed by atoms with Gasteiger partial charge in [0.05, 0.1) is 0 Å². The minimum Gasteiger partial charge on any atom is -0.321 e. The van der Waals surface area contributed by atoms with E-state index in [1.165, 1.54) is 23.4 Å². The predicted molar refractivity (Wildman–Crippen MR) is 86.1 cm³/mol. The third-order valence-corrected chi connectivity index (χ3v) is 3.35. The van der Waals surface area contributed by atoms with Crippen molar-refractivity contribution < 1.29 is 35.5 Å². The molecule has 0 bridgehead atoms. The predicted octanol–water partition coefficient (Wildman–Crippen LogP) is 5.91. The van der Waals surface area contributed by atoms with Crippen molar-refractivity contribution in [1.82, 2.24) is 0 Å². The van der Waals surface area contributed by atoms with E-state index in [0.717, 1.165) is 0 Å². The average molecular weight is 395 g/mol. The smallest absolute Gasteiger partial charge is 0.321 e. The van der Waals surface area contributed by atoms with Crippen LogP contribution in [0.25, 0.3) is 0 Å². The lowest BCUT2D eigenvalue weighted by atomic mass is 10.1. The molecule has 0 aliphatic heterocycles. The normalized spacial score (nSPS) is 10.9. The van der Waals surface area contributed by atoms with Gasteiger partial charge in [-0.2, -0.15) is 13.2 Å². The number of benzene rings is 2. The SMILES string of the molecule is CCC(=O)Nc1c(F)c(F)c(C(F)(F)F)c(F)c1F.Cc1ccc(C)cc1. The lowest BCUT2D eigenvalue weighted by molar-refractivity contribution is -0.143. The van der Waals surface area contributed by atoms with Crippen LogP contribution >= 0.6 is 0 Å². The molecule has 0 radical (unpaired) electrons. The molecule has 0 unspecified atom stereocenters. The molecular weight excluding hydrogens is 379 g/mol. The van der Waals surface area contributed by atoms with E-state index in [9.17, 15) is 35.5 Å². The maximum Gasteiger partial charge on any atom is 0.422 e. The first-order valence-corrected chi connectivity index (χ1v) is 7.66. The summed E-state index contributed by atoms with van der Waals surface area (Å²) >= 11 is 0. The van der Waals surface area contributed by atoms with E-state index in [1.807, 2.05) is 0 Å². The van der Waals surface area contributed by atoms with Gasteiger partial charge in [0, 0.05) is 6.42 Å². The third-order valence-electron chi connectivity index (χ3n) is 3.35. The highest BCUT2D eigenvalue weighted by Gasteiger charge is 2.42. The summed E-state index contributed by atoms with van der Waals surface area (Å²) in [6.45, 7) is 5.46. The Hall–Kier alpha value is -2.58. The summed E-state index contributed by atoms with van der Waals surface area (Å²) < 4.78 is 89.4. The molecule has 9 heteroatoms. The fraction of sp³-hybridized carbons (Fsp3) is 0.278. The largest absolute Gasteiger partial charge is 0.422 e. The molecule has 0 aliphatic carbocycles. The zero-order valence-corrected chi connectivity index (χ0v) is 14.6. The Morgan fingerprint density at radius 2 is 1.22 bits per heavy atom. The van der Waals surface area contributed by atoms with Gasteiger partial charge in [0.2, 0.25) is 5.91 Å². The molecular formula is C18H16F7NO. The summed E-state index contributed by atoms with van der Waals surface area (Å²) in [4.78, 5) is 10.9. The molecule has 0 heterocycles. The molecule has 1 amide bonds. The number of amides is 1. The van der Waals surface area contributed by atoms with Crippen LogP contribution in [0.15, 0.2) is 24.3 Å². The van der Waals surface area contributed by atoms with Crippen molar-refractivity contribution >= 4 is 11.6 Å². The number of alkyl halides is 3. The van der Waals surface area contributed by atoms with E-state index in [2.05, 4.69) is 38.1 Å². The van der Waals surface area contributed by atoms with Crippen LogP contribution in [0.2, 0.25) is 0 Å². The molecule has 0 aliphatic rings. The van der Waals surface area contributed by atoms with Crippen molar-refractivity contribution in [3.8, 4) is 0 Å². The Morgan fingerprint density at radius 3 is 1.52 bits per heavy atom. The average Bonchev–Trinajstić information content (AvgIpc) is 2.59. The summed E-state index contributed by atoms with van der Waals surface area (Å²) in [6.07, 6.45) is -5.90. The van der Waals surface area contributed by atoms with Gasteiger partial charge in [0.1, 0.15) is 11.3 Å². The Kier molecular flexibility index (Phi) is 7.38. The molecule has 0 atom stereocenters. The molecule has 0 fully saturated rings. The highest BCUT2D eigenvalue weighted by molar-refractivity contribution is 5.90. The van der Waals surface area contributed by atoms with Crippen LogP contribution in [0, 0.1) is 37.1 Å². The summed E-state index contributed by atoms with van der Waals surface area (Å²) in [6, 6.07) is 8.48. The van der Waals surface area contributed by atoms with E-state index in [0.29, 0.717) is 0 Å². The zero-order chi connectivity index (χ0) is 20.9. The van der Waals surface area contributed by atoms with Crippen molar-refractivity contribution in [2.45, 2.75) is 33.4 Å². The topological polar surface area (TPSA) is 29.1 Å². The van der Waals surface area contributed by atoms with Gasteiger partial charge in [-0.3, -0.25) is 4.79 Å². The lowest BCUT2D eigenvalue weighted by Crippen LogP contribution is -2.19. The molecule has 0 saturated heterocycles. The molecule has 148 valence electrons. The van der Waals surface area contributed by atoms with Gasteiger partial charge < -0.3 is 5.32 Å². The summed E-state index contributed by atoms with van der Waals surface area (Å²) in [5.41, 5.74) is -1.61. The fourth-order valence-corrected chi connectivity index (χ4v) is 1.86. The van der Waals surface area contributed by atoms with E-state index in [1.54, 1.807) is 0 Å². The van der Waals surface area contributed by atoms with Crippen molar-refractivity contribution in [3.05, 3.63) is 64.2 Å². The van der Waals surface area contributed by atoms with E-state index >= 15 is 0 Å². The highest BCUT2D eigenvalue weighted by atomic mass is 19.4. The van der Waals surface area contributed by atoms with E-state index in [-0.39, 0.29) is 6.42 Å². The molecule has 1 N–H and O–H groups in total. The number of carbonyl (C=O) groups is 1. The number of hydrogen-bond acceptors (Lipinski definition) is 1. The van der Waals surface area contributed by atoms with Gasteiger partial charge in [0.25, 0.3) is 0 Å². The third kappa shape index (κ3) is 5.70. The van der Waals surface area contributed by atoms with Gasteiger partial charge in [-0.25, -0.2) is 17.6 Å². The molecule has 2 rings (SSSR count). The van der Waals surface area contributed by atoms with Crippen molar-refractivity contribution in [2.24, 2.45) is 0 Å². The monoisotopic (exact) mass is 395 g/mol. The standard InChI is InChI=1S/C10H6F7NO.C8H10/c1-2-3(19)18-9-7(13)5(11)4(10(15,16)17)6(12)8(9)14;1-7-3-5-8(2)6-4-7/h2H2,1H3,(H,18,19);3-6H,1-2H3. The maximum atomic E-state index is 13.2. The summed E-state index contributed by atoms with van der Waals surface area (Å²) in [5, 5.41) is 1.45. The second kappa shape index (κ2) is 8.88. The molecule has 2 nitrogen and oxygen atoms in total. The van der Waals surface area contributed by atoms with Gasteiger partial charge in [-0.15, -0.1) is 0 Å². The van der Waals surface area contributed by atoms with Crippen LogP contribution in [-0.4, -0.2) is 5.91 Å². The van der Waals surface area contributed by atoms with Crippen LogP contribution in [0.4, 0.5) is 36.4 Å². The maximum absolute atomic E-state index is 13.2.